The molecule has 0 nitrogen and oxygen atoms in total. The lowest BCUT2D eigenvalue weighted by Crippen LogP contribution is -1.93. The molecule has 0 aliphatic heterocycles. The van der Waals surface area contributed by atoms with Gasteiger partial charge in [-0.25, -0.2) is 0 Å². The average molecular weight is 713 g/mol. The Morgan fingerprint density at radius 3 is 1.45 bits per heavy atom. The van der Waals surface area contributed by atoms with E-state index in [9.17, 15) is 0 Å². The first-order valence-electron chi connectivity index (χ1n) is 19.0. The molecule has 12 aromatic rings. The summed E-state index contributed by atoms with van der Waals surface area (Å²) in [6.07, 6.45) is 0. The molecular weight excluding hydrogens is 681 g/mol. The van der Waals surface area contributed by atoms with Gasteiger partial charge in [-0.3, -0.25) is 0 Å². The quantitative estimate of drug-likeness (QED) is 0.160. The van der Waals surface area contributed by atoms with Crippen LogP contribution in [0.4, 0.5) is 0 Å². The molecule has 0 amide bonds. The van der Waals surface area contributed by atoms with Crippen LogP contribution in [-0.4, -0.2) is 0 Å². The van der Waals surface area contributed by atoms with Crippen LogP contribution < -0.4 is 0 Å². The lowest BCUT2D eigenvalue weighted by atomic mass is 9.83. The van der Waals surface area contributed by atoms with Gasteiger partial charge in [0.05, 0.1) is 0 Å². The third kappa shape index (κ3) is 4.57. The maximum Gasteiger partial charge on any atom is 0.0433 e. The van der Waals surface area contributed by atoms with Gasteiger partial charge in [-0.2, -0.15) is 0 Å². The van der Waals surface area contributed by atoms with E-state index in [1.165, 1.54) is 118 Å². The summed E-state index contributed by atoms with van der Waals surface area (Å²) in [6, 6.07) is 72.3. The summed E-state index contributed by atoms with van der Waals surface area (Å²) in [6.45, 7) is 0. The molecular formula is C54H32S. The van der Waals surface area contributed by atoms with Crippen molar-refractivity contribution in [3.05, 3.63) is 194 Å². The highest BCUT2D eigenvalue weighted by molar-refractivity contribution is 7.26. The summed E-state index contributed by atoms with van der Waals surface area (Å²) in [5.41, 5.74) is 7.61. The van der Waals surface area contributed by atoms with Crippen LogP contribution in [0.2, 0.25) is 0 Å². The number of benzene rings is 11. The summed E-state index contributed by atoms with van der Waals surface area (Å²) in [7, 11) is 0. The fourth-order valence-corrected chi connectivity index (χ4v) is 10.6. The zero-order valence-corrected chi connectivity index (χ0v) is 30.7. The maximum absolute atomic E-state index is 2.39. The van der Waals surface area contributed by atoms with Crippen molar-refractivity contribution in [2.75, 3.05) is 0 Å². The van der Waals surface area contributed by atoms with Crippen molar-refractivity contribution in [3.8, 4) is 33.4 Å². The highest BCUT2D eigenvalue weighted by Gasteiger charge is 2.20. The topological polar surface area (TPSA) is 0 Å². The van der Waals surface area contributed by atoms with Crippen LogP contribution in [0.3, 0.4) is 0 Å². The highest BCUT2D eigenvalue weighted by Crippen LogP contribution is 2.48. The van der Waals surface area contributed by atoms with Gasteiger partial charge < -0.3 is 0 Å². The van der Waals surface area contributed by atoms with Crippen LogP contribution in [0.5, 0.6) is 0 Å². The van der Waals surface area contributed by atoms with Crippen LogP contribution in [-0.2, 0) is 0 Å². The summed E-state index contributed by atoms with van der Waals surface area (Å²) in [4.78, 5) is 0. The Kier molecular flexibility index (Phi) is 6.60. The molecule has 1 heteroatoms. The third-order valence-corrected chi connectivity index (χ3v) is 13.0. The highest BCUT2D eigenvalue weighted by atomic mass is 32.1. The van der Waals surface area contributed by atoms with Gasteiger partial charge in [0.1, 0.15) is 0 Å². The van der Waals surface area contributed by atoms with E-state index in [0.717, 1.165) is 0 Å². The summed E-state index contributed by atoms with van der Waals surface area (Å²) in [5.74, 6) is 0. The number of rotatable bonds is 3. The number of thiophene rings is 1. The Morgan fingerprint density at radius 1 is 0.255 bits per heavy atom. The fraction of sp³-hybridized carbons (Fsp3) is 0. The normalized spacial score (nSPS) is 12.0. The molecule has 0 unspecified atom stereocenters. The minimum atomic E-state index is 1.24. The van der Waals surface area contributed by atoms with Gasteiger partial charge in [-0.1, -0.05) is 176 Å². The van der Waals surface area contributed by atoms with Crippen molar-refractivity contribution in [2.24, 2.45) is 0 Å². The second kappa shape index (κ2) is 11.9. The standard InChI is InChI=1S/C54H32S/c1-2-14-35-32-51-50(31-34(35)13-1)49-27-25-37-30-36(24-26-40(37)54(49)55-51)39-28-29-48(42-18-6-5-17-41(39)42)53-46-21-9-7-19-44(46)52(45-20-8-10-22-47(45)53)43-23-11-15-33-12-3-4-16-38(33)43/h1-32H. The van der Waals surface area contributed by atoms with Crippen LogP contribution in [0.25, 0.3) is 118 Å². The lowest BCUT2D eigenvalue weighted by Gasteiger charge is -2.20. The van der Waals surface area contributed by atoms with E-state index < -0.39 is 0 Å². The van der Waals surface area contributed by atoms with Crippen molar-refractivity contribution in [1.82, 2.24) is 0 Å². The van der Waals surface area contributed by atoms with Crippen LogP contribution >= 0.6 is 11.3 Å². The molecule has 0 saturated heterocycles. The van der Waals surface area contributed by atoms with Gasteiger partial charge in [0, 0.05) is 20.2 Å². The zero-order valence-electron chi connectivity index (χ0n) is 29.9. The Bertz CT molecular complexity index is 3490. The zero-order chi connectivity index (χ0) is 36.0. The summed E-state index contributed by atoms with van der Waals surface area (Å²) >= 11 is 1.91. The molecule has 254 valence electrons. The van der Waals surface area contributed by atoms with Crippen molar-refractivity contribution in [3.63, 3.8) is 0 Å². The van der Waals surface area contributed by atoms with Crippen molar-refractivity contribution < 1.29 is 0 Å². The van der Waals surface area contributed by atoms with E-state index in [1.807, 2.05) is 11.3 Å². The van der Waals surface area contributed by atoms with Gasteiger partial charge in [0.25, 0.3) is 0 Å². The largest absolute Gasteiger partial charge is 0.135 e. The summed E-state index contributed by atoms with van der Waals surface area (Å²) in [5, 5.41) is 18.0. The van der Waals surface area contributed by atoms with Gasteiger partial charge >= 0.3 is 0 Å². The Morgan fingerprint density at radius 2 is 0.764 bits per heavy atom. The predicted octanol–water partition coefficient (Wildman–Crippen LogP) is 16.0. The SMILES string of the molecule is c1ccc2cc3c(cc2c1)sc1c2ccc(-c4ccc(-c5c6ccccc6c(-c6cccc7ccccc67)c6ccccc56)c5ccccc45)cc2ccc31. The molecule has 0 aliphatic carbocycles. The van der Waals surface area contributed by atoms with E-state index in [2.05, 4.69) is 194 Å². The molecule has 0 aliphatic rings. The average Bonchev–Trinajstić information content (AvgIpc) is 3.62. The Hall–Kier alpha value is -6.80. The van der Waals surface area contributed by atoms with Gasteiger partial charge in [-0.15, -0.1) is 11.3 Å². The Balaban J connectivity index is 1.07. The number of fused-ring (bicyclic) bond motifs is 10. The maximum atomic E-state index is 2.39. The van der Waals surface area contributed by atoms with Crippen molar-refractivity contribution >= 4 is 96.1 Å². The van der Waals surface area contributed by atoms with Gasteiger partial charge in [0.2, 0.25) is 0 Å². The van der Waals surface area contributed by atoms with E-state index in [-0.39, 0.29) is 0 Å². The van der Waals surface area contributed by atoms with E-state index in [4.69, 9.17) is 0 Å². The smallest absolute Gasteiger partial charge is 0.0433 e. The molecule has 0 bridgehead atoms. The van der Waals surface area contributed by atoms with Crippen LogP contribution in [0.15, 0.2) is 194 Å². The van der Waals surface area contributed by atoms with Crippen LogP contribution in [0, 0.1) is 0 Å². The molecule has 0 radical (unpaired) electrons. The molecule has 0 atom stereocenters. The first kappa shape index (κ1) is 30.6. The third-order valence-electron chi connectivity index (χ3n) is 11.8. The molecule has 1 heterocycles. The molecule has 0 fully saturated rings. The van der Waals surface area contributed by atoms with Crippen molar-refractivity contribution in [1.29, 1.82) is 0 Å². The van der Waals surface area contributed by atoms with Gasteiger partial charge in [-0.05, 0) is 116 Å². The first-order valence-corrected chi connectivity index (χ1v) is 19.8. The monoisotopic (exact) mass is 712 g/mol. The first-order chi connectivity index (χ1) is 27.3. The molecule has 11 aromatic carbocycles. The molecule has 12 rings (SSSR count). The molecule has 1 aromatic heterocycles. The lowest BCUT2D eigenvalue weighted by molar-refractivity contribution is 1.67. The second-order valence-electron chi connectivity index (χ2n) is 14.7. The minimum Gasteiger partial charge on any atom is -0.135 e. The summed E-state index contributed by atoms with van der Waals surface area (Å²) < 4.78 is 2.71. The van der Waals surface area contributed by atoms with E-state index >= 15 is 0 Å². The van der Waals surface area contributed by atoms with Crippen molar-refractivity contribution in [2.45, 2.75) is 0 Å². The van der Waals surface area contributed by atoms with E-state index in [0.29, 0.717) is 0 Å². The molecule has 55 heavy (non-hydrogen) atoms. The number of hydrogen-bond acceptors (Lipinski definition) is 1. The Labute approximate surface area is 322 Å². The van der Waals surface area contributed by atoms with E-state index in [1.54, 1.807) is 0 Å². The van der Waals surface area contributed by atoms with Gasteiger partial charge in [0.15, 0.2) is 0 Å². The molecule has 0 saturated carbocycles. The fourth-order valence-electron chi connectivity index (χ4n) is 9.34. The second-order valence-corrected chi connectivity index (χ2v) is 15.8. The minimum absolute atomic E-state index is 1.24. The predicted molar refractivity (Wildman–Crippen MR) is 241 cm³/mol. The molecule has 0 N–H and O–H groups in total. The van der Waals surface area contributed by atoms with Crippen LogP contribution in [0.1, 0.15) is 0 Å². The number of hydrogen-bond donors (Lipinski definition) is 0. The molecule has 0 spiro atoms.